The molecule has 1 aliphatic carbocycles. The highest BCUT2D eigenvalue weighted by Crippen LogP contribution is 2.36. The van der Waals surface area contributed by atoms with E-state index < -0.39 is 0 Å². The molecule has 5 heteroatoms. The van der Waals surface area contributed by atoms with Gasteiger partial charge in [0.05, 0.1) is 6.04 Å². The number of fused-ring (bicyclic) bond motifs is 2. The molecule has 2 aromatic rings. The predicted octanol–water partition coefficient (Wildman–Crippen LogP) is 2.11. The van der Waals surface area contributed by atoms with Crippen LogP contribution in [0, 0.1) is 5.92 Å². The number of aromatic nitrogens is 4. The summed E-state index contributed by atoms with van der Waals surface area (Å²) >= 11 is 0. The fourth-order valence-electron chi connectivity index (χ4n) is 3.70. The third-order valence-corrected chi connectivity index (χ3v) is 4.70. The largest absolute Gasteiger partial charge is 0.304 e. The Labute approximate surface area is 112 Å². The van der Waals surface area contributed by atoms with Crippen molar-refractivity contribution < 1.29 is 0 Å². The molecule has 4 rings (SSSR count). The van der Waals surface area contributed by atoms with Crippen LogP contribution in [0.4, 0.5) is 0 Å². The molecule has 3 unspecified atom stereocenters. The molecule has 5 nitrogen and oxygen atoms in total. The van der Waals surface area contributed by atoms with E-state index in [1.54, 1.807) is 6.20 Å². The minimum atomic E-state index is 0.332. The fourth-order valence-corrected chi connectivity index (χ4v) is 3.70. The molecule has 0 bridgehead atoms. The second kappa shape index (κ2) is 4.56. The van der Waals surface area contributed by atoms with Crippen LogP contribution >= 0.6 is 0 Å². The van der Waals surface area contributed by atoms with Crippen molar-refractivity contribution in [3.63, 3.8) is 0 Å². The third kappa shape index (κ3) is 1.92. The first-order valence-electron chi connectivity index (χ1n) is 7.32. The van der Waals surface area contributed by atoms with E-state index in [4.69, 9.17) is 0 Å². The van der Waals surface area contributed by atoms with Gasteiger partial charge in [-0.05, 0) is 31.6 Å². The van der Waals surface area contributed by atoms with Crippen LogP contribution in [0.15, 0.2) is 18.6 Å². The van der Waals surface area contributed by atoms with Crippen molar-refractivity contribution in [1.82, 2.24) is 24.9 Å². The number of rotatable bonds is 1. The lowest BCUT2D eigenvalue weighted by atomic mass is 9.77. The lowest BCUT2D eigenvalue weighted by Gasteiger charge is -2.39. The quantitative estimate of drug-likeness (QED) is 0.850. The molecule has 0 spiro atoms. The predicted molar refractivity (Wildman–Crippen MR) is 71.6 cm³/mol. The van der Waals surface area contributed by atoms with E-state index in [0.29, 0.717) is 12.1 Å². The molecule has 2 fully saturated rings. The van der Waals surface area contributed by atoms with Crippen LogP contribution in [0.3, 0.4) is 0 Å². The monoisotopic (exact) mass is 257 g/mol. The minimum Gasteiger partial charge on any atom is -0.304 e. The Balaban J connectivity index is 1.62. The fraction of sp³-hybridized carbons (Fsp3) is 0.643. The molecule has 100 valence electrons. The van der Waals surface area contributed by atoms with Gasteiger partial charge >= 0.3 is 0 Å². The normalized spacial score (nSPS) is 31.3. The van der Waals surface area contributed by atoms with Gasteiger partial charge < -0.3 is 5.32 Å². The Morgan fingerprint density at radius 3 is 3.05 bits per heavy atom. The molecule has 2 aliphatic rings. The van der Waals surface area contributed by atoms with Crippen LogP contribution in [-0.4, -0.2) is 25.6 Å². The van der Waals surface area contributed by atoms with Gasteiger partial charge in [0.2, 0.25) is 0 Å². The molecule has 1 saturated heterocycles. The summed E-state index contributed by atoms with van der Waals surface area (Å²) in [6.45, 7) is 0. The van der Waals surface area contributed by atoms with E-state index in [0.717, 1.165) is 23.8 Å². The number of nitrogens with zero attached hydrogens (tertiary/aromatic N) is 4. The molecule has 1 aliphatic heterocycles. The summed E-state index contributed by atoms with van der Waals surface area (Å²) in [6.07, 6.45) is 11.5. The maximum atomic E-state index is 4.37. The first-order valence-corrected chi connectivity index (χ1v) is 7.32. The van der Waals surface area contributed by atoms with E-state index in [1.807, 2.05) is 16.8 Å². The third-order valence-electron chi connectivity index (χ3n) is 4.70. The van der Waals surface area contributed by atoms with Crippen molar-refractivity contribution in [3.05, 3.63) is 24.4 Å². The number of piperidine rings is 1. The summed E-state index contributed by atoms with van der Waals surface area (Å²) in [5, 5.41) is 12.4. The van der Waals surface area contributed by atoms with Crippen LogP contribution in [0.25, 0.3) is 5.65 Å². The average Bonchev–Trinajstić information content (AvgIpc) is 2.91. The molecule has 0 aromatic carbocycles. The summed E-state index contributed by atoms with van der Waals surface area (Å²) < 4.78 is 2.01. The van der Waals surface area contributed by atoms with Crippen molar-refractivity contribution in [1.29, 1.82) is 0 Å². The summed E-state index contributed by atoms with van der Waals surface area (Å²) in [5.41, 5.74) is 0.887. The zero-order valence-electron chi connectivity index (χ0n) is 11.0. The molecular weight excluding hydrogens is 238 g/mol. The maximum absolute atomic E-state index is 4.37. The van der Waals surface area contributed by atoms with Gasteiger partial charge in [0.1, 0.15) is 6.33 Å². The number of hydrogen-bond donors (Lipinski definition) is 1. The van der Waals surface area contributed by atoms with Crippen molar-refractivity contribution in [2.24, 2.45) is 5.92 Å². The van der Waals surface area contributed by atoms with E-state index in [1.165, 1.54) is 32.1 Å². The molecule has 3 atom stereocenters. The first-order chi connectivity index (χ1) is 9.42. The van der Waals surface area contributed by atoms with E-state index in [9.17, 15) is 0 Å². The molecular formula is C14H19N5. The van der Waals surface area contributed by atoms with Gasteiger partial charge in [0.25, 0.3) is 0 Å². The Kier molecular flexibility index (Phi) is 2.72. The summed E-state index contributed by atoms with van der Waals surface area (Å²) in [4.78, 5) is 4.18. The van der Waals surface area contributed by atoms with E-state index >= 15 is 0 Å². The van der Waals surface area contributed by atoms with Crippen LogP contribution in [0.2, 0.25) is 0 Å². The van der Waals surface area contributed by atoms with Gasteiger partial charge in [-0.3, -0.25) is 4.40 Å². The Bertz CT molecular complexity index is 578. The van der Waals surface area contributed by atoms with Crippen LogP contribution in [0.5, 0.6) is 0 Å². The first kappa shape index (κ1) is 11.3. The smallest absolute Gasteiger partial charge is 0.163 e. The molecule has 1 N–H and O–H groups in total. The van der Waals surface area contributed by atoms with Crippen LogP contribution < -0.4 is 5.32 Å². The molecule has 0 radical (unpaired) electrons. The molecule has 2 aromatic heterocycles. The highest BCUT2D eigenvalue weighted by molar-refractivity contribution is 5.35. The van der Waals surface area contributed by atoms with Crippen LogP contribution in [-0.2, 0) is 0 Å². The number of hydrogen-bond acceptors (Lipinski definition) is 4. The van der Waals surface area contributed by atoms with Gasteiger partial charge in [0.15, 0.2) is 11.5 Å². The molecule has 3 heterocycles. The Morgan fingerprint density at radius 1 is 1.11 bits per heavy atom. The minimum absolute atomic E-state index is 0.332. The maximum Gasteiger partial charge on any atom is 0.163 e. The zero-order chi connectivity index (χ0) is 12.7. The Morgan fingerprint density at radius 2 is 2.05 bits per heavy atom. The molecule has 0 amide bonds. The molecule has 1 saturated carbocycles. The van der Waals surface area contributed by atoms with Crippen LogP contribution in [0.1, 0.15) is 50.4 Å². The molecule has 19 heavy (non-hydrogen) atoms. The topological polar surface area (TPSA) is 55.1 Å². The van der Waals surface area contributed by atoms with Gasteiger partial charge in [-0.1, -0.05) is 12.8 Å². The zero-order valence-corrected chi connectivity index (χ0v) is 11.0. The van der Waals surface area contributed by atoms with Gasteiger partial charge in [-0.25, -0.2) is 4.98 Å². The van der Waals surface area contributed by atoms with Crippen molar-refractivity contribution >= 4 is 5.65 Å². The van der Waals surface area contributed by atoms with E-state index in [2.05, 4.69) is 20.5 Å². The second-order valence-corrected chi connectivity index (χ2v) is 5.81. The lowest BCUT2D eigenvalue weighted by molar-refractivity contribution is 0.173. The van der Waals surface area contributed by atoms with Crippen molar-refractivity contribution in [2.45, 2.75) is 50.6 Å². The highest BCUT2D eigenvalue weighted by Gasteiger charge is 2.33. The highest BCUT2D eigenvalue weighted by atomic mass is 15.3. The lowest BCUT2D eigenvalue weighted by Crippen LogP contribution is -2.45. The van der Waals surface area contributed by atoms with Gasteiger partial charge in [0, 0.05) is 18.3 Å². The summed E-state index contributed by atoms with van der Waals surface area (Å²) in [5.74, 6) is 1.90. The number of nitrogens with one attached hydrogen (secondary N) is 1. The summed E-state index contributed by atoms with van der Waals surface area (Å²) in [6, 6.07) is 2.91. The van der Waals surface area contributed by atoms with Gasteiger partial charge in [-0.2, -0.15) is 0 Å². The Hall–Kier alpha value is -1.49. The van der Waals surface area contributed by atoms with Gasteiger partial charge in [-0.15, -0.1) is 10.2 Å². The standard InChI is InChI=1S/C14H19N5/c1-2-4-11-10(3-1)5-6-12(16-11)14-18-17-13-7-8-15-9-19(13)14/h7-12,16H,1-6H2. The SMILES string of the molecule is c1cc2nnc(C3CCC4CCCCC4N3)n2cn1. The van der Waals surface area contributed by atoms with Crippen molar-refractivity contribution in [3.8, 4) is 0 Å². The second-order valence-electron chi connectivity index (χ2n) is 5.81. The van der Waals surface area contributed by atoms with E-state index in [-0.39, 0.29) is 0 Å². The average molecular weight is 257 g/mol. The summed E-state index contributed by atoms with van der Waals surface area (Å²) in [7, 11) is 0. The van der Waals surface area contributed by atoms with Crippen molar-refractivity contribution in [2.75, 3.05) is 0 Å².